The van der Waals surface area contributed by atoms with Crippen LogP contribution in [0, 0.1) is 5.82 Å². The summed E-state index contributed by atoms with van der Waals surface area (Å²) >= 11 is 0. The molecule has 0 atom stereocenters. The van der Waals surface area contributed by atoms with Crippen molar-refractivity contribution >= 4 is 11.7 Å². The van der Waals surface area contributed by atoms with Gasteiger partial charge in [0.2, 0.25) is 0 Å². The molecule has 0 saturated heterocycles. The van der Waals surface area contributed by atoms with E-state index in [1.54, 1.807) is 13.1 Å². The number of carbonyl (C=O) groups excluding carboxylic acids is 1. The van der Waals surface area contributed by atoms with Gasteiger partial charge in [-0.05, 0) is 18.2 Å². The third-order valence-electron chi connectivity index (χ3n) is 1.66. The highest BCUT2D eigenvalue weighted by Gasteiger charge is 2.11. The summed E-state index contributed by atoms with van der Waals surface area (Å²) < 4.78 is 17.5. The molecule has 0 saturated carbocycles. The Morgan fingerprint density at radius 2 is 2.23 bits per heavy atom. The number of hydrogen-bond acceptors (Lipinski definition) is 3. The van der Waals surface area contributed by atoms with Crippen LogP contribution in [-0.4, -0.2) is 20.1 Å². The molecule has 0 amide bonds. The molecule has 0 heterocycles. The first-order valence-corrected chi connectivity index (χ1v) is 3.74. The summed E-state index contributed by atoms with van der Waals surface area (Å²) in [5, 5.41) is 2.76. The third-order valence-corrected chi connectivity index (χ3v) is 1.66. The van der Waals surface area contributed by atoms with Gasteiger partial charge in [0.15, 0.2) is 0 Å². The van der Waals surface area contributed by atoms with Crippen molar-refractivity contribution in [1.82, 2.24) is 0 Å². The van der Waals surface area contributed by atoms with E-state index in [0.717, 1.165) is 0 Å². The predicted octanol–water partition coefficient (Wildman–Crippen LogP) is 1.65. The van der Waals surface area contributed by atoms with Gasteiger partial charge in [0.05, 0.1) is 12.7 Å². The molecule has 0 aliphatic rings. The predicted molar refractivity (Wildman–Crippen MR) is 47.3 cm³/mol. The minimum atomic E-state index is -0.667. The molecule has 0 fully saturated rings. The second-order valence-corrected chi connectivity index (χ2v) is 2.44. The van der Waals surface area contributed by atoms with Crippen LogP contribution in [0.15, 0.2) is 18.2 Å². The number of benzene rings is 1. The molecule has 3 nitrogen and oxygen atoms in total. The number of rotatable bonds is 2. The van der Waals surface area contributed by atoms with Crippen LogP contribution in [0.3, 0.4) is 0 Å². The van der Waals surface area contributed by atoms with E-state index in [1.165, 1.54) is 19.2 Å². The average molecular weight is 183 g/mol. The fraction of sp³-hybridized carbons (Fsp3) is 0.222. The molecule has 1 aromatic carbocycles. The van der Waals surface area contributed by atoms with Crippen LogP contribution in [0.4, 0.5) is 10.1 Å². The number of esters is 1. The zero-order chi connectivity index (χ0) is 9.84. The third kappa shape index (κ3) is 1.96. The van der Waals surface area contributed by atoms with Crippen molar-refractivity contribution in [1.29, 1.82) is 0 Å². The number of carbonyl (C=O) groups is 1. The molecule has 0 bridgehead atoms. The number of hydrogen-bond donors (Lipinski definition) is 1. The van der Waals surface area contributed by atoms with Gasteiger partial charge in [-0.3, -0.25) is 0 Å². The van der Waals surface area contributed by atoms with Crippen LogP contribution in [0.2, 0.25) is 0 Å². The highest BCUT2D eigenvalue weighted by atomic mass is 19.1. The second kappa shape index (κ2) is 3.89. The SMILES string of the molecule is CNc1ccc(C(=O)OC)c(F)c1. The number of ether oxygens (including phenoxy) is 1. The standard InChI is InChI=1S/C9H10FNO2/c1-11-6-3-4-7(8(10)5-6)9(12)13-2/h3-5,11H,1-2H3. The van der Waals surface area contributed by atoms with Gasteiger partial charge >= 0.3 is 5.97 Å². The Bertz CT molecular complexity index is 325. The minimum absolute atomic E-state index is 0.0542. The van der Waals surface area contributed by atoms with Crippen molar-refractivity contribution in [2.24, 2.45) is 0 Å². The average Bonchev–Trinajstić information content (AvgIpc) is 2.16. The van der Waals surface area contributed by atoms with Gasteiger partial charge in [-0.1, -0.05) is 0 Å². The van der Waals surface area contributed by atoms with E-state index in [9.17, 15) is 9.18 Å². The lowest BCUT2D eigenvalue weighted by atomic mass is 10.2. The van der Waals surface area contributed by atoms with Crippen LogP contribution in [0.1, 0.15) is 10.4 Å². The molecule has 0 aliphatic heterocycles. The summed E-state index contributed by atoms with van der Waals surface area (Å²) in [4.78, 5) is 11.0. The van der Waals surface area contributed by atoms with Gasteiger partial charge in [0.25, 0.3) is 0 Å². The molecule has 1 aromatic rings. The maximum absolute atomic E-state index is 13.1. The lowest BCUT2D eigenvalue weighted by molar-refractivity contribution is 0.0595. The number of nitrogens with one attached hydrogen (secondary N) is 1. The molecule has 0 aromatic heterocycles. The lowest BCUT2D eigenvalue weighted by Gasteiger charge is -2.03. The van der Waals surface area contributed by atoms with E-state index in [1.807, 2.05) is 0 Å². The first-order chi connectivity index (χ1) is 6.19. The van der Waals surface area contributed by atoms with Crippen molar-refractivity contribution in [2.75, 3.05) is 19.5 Å². The number of halogens is 1. The highest BCUT2D eigenvalue weighted by molar-refractivity contribution is 5.90. The summed E-state index contributed by atoms with van der Waals surface area (Å²) in [5.74, 6) is -1.25. The van der Waals surface area contributed by atoms with Crippen LogP contribution >= 0.6 is 0 Å². The van der Waals surface area contributed by atoms with Crippen LogP contribution in [-0.2, 0) is 4.74 Å². The Morgan fingerprint density at radius 1 is 1.54 bits per heavy atom. The summed E-state index contributed by atoms with van der Waals surface area (Å²) in [7, 11) is 2.89. The smallest absolute Gasteiger partial charge is 0.340 e. The monoisotopic (exact) mass is 183 g/mol. The Labute approximate surface area is 75.5 Å². The molecule has 0 spiro atoms. The van der Waals surface area contributed by atoms with E-state index in [-0.39, 0.29) is 5.56 Å². The topological polar surface area (TPSA) is 38.3 Å². The van der Waals surface area contributed by atoms with Crippen LogP contribution in [0.25, 0.3) is 0 Å². The van der Waals surface area contributed by atoms with E-state index in [0.29, 0.717) is 5.69 Å². The second-order valence-electron chi connectivity index (χ2n) is 2.44. The van der Waals surface area contributed by atoms with E-state index in [2.05, 4.69) is 10.1 Å². The van der Waals surface area contributed by atoms with Crippen molar-refractivity contribution in [3.63, 3.8) is 0 Å². The largest absolute Gasteiger partial charge is 0.465 e. The molecule has 4 heteroatoms. The summed E-state index contributed by atoms with van der Waals surface area (Å²) in [5.41, 5.74) is 0.562. The Balaban J connectivity index is 3.05. The molecular formula is C9H10FNO2. The Kier molecular flexibility index (Phi) is 2.84. The van der Waals surface area contributed by atoms with E-state index >= 15 is 0 Å². The molecule has 0 unspecified atom stereocenters. The molecule has 1 N–H and O–H groups in total. The van der Waals surface area contributed by atoms with Crippen molar-refractivity contribution in [2.45, 2.75) is 0 Å². The van der Waals surface area contributed by atoms with Crippen molar-refractivity contribution in [3.05, 3.63) is 29.6 Å². The summed E-state index contributed by atoms with van der Waals surface area (Å²) in [6.07, 6.45) is 0. The minimum Gasteiger partial charge on any atom is -0.465 e. The van der Waals surface area contributed by atoms with Crippen LogP contribution in [0.5, 0.6) is 0 Å². The summed E-state index contributed by atoms with van der Waals surface area (Å²) in [6, 6.07) is 4.23. The van der Waals surface area contributed by atoms with E-state index < -0.39 is 11.8 Å². The van der Waals surface area contributed by atoms with Crippen molar-refractivity contribution < 1.29 is 13.9 Å². The van der Waals surface area contributed by atoms with Gasteiger partial charge in [-0.15, -0.1) is 0 Å². The van der Waals surface area contributed by atoms with Crippen LogP contribution < -0.4 is 5.32 Å². The van der Waals surface area contributed by atoms with Gasteiger partial charge in [-0.2, -0.15) is 0 Å². The fourth-order valence-electron chi connectivity index (χ4n) is 0.946. The normalized spacial score (nSPS) is 9.46. The molecular weight excluding hydrogens is 173 g/mol. The molecule has 70 valence electrons. The first kappa shape index (κ1) is 9.51. The van der Waals surface area contributed by atoms with Gasteiger partial charge in [0.1, 0.15) is 5.82 Å². The fourth-order valence-corrected chi connectivity index (χ4v) is 0.946. The molecule has 1 rings (SSSR count). The Hall–Kier alpha value is -1.58. The molecule has 0 radical (unpaired) electrons. The first-order valence-electron chi connectivity index (χ1n) is 3.74. The number of anilines is 1. The number of methoxy groups -OCH3 is 1. The molecule has 13 heavy (non-hydrogen) atoms. The zero-order valence-electron chi connectivity index (χ0n) is 7.43. The van der Waals surface area contributed by atoms with Gasteiger partial charge in [0, 0.05) is 12.7 Å². The van der Waals surface area contributed by atoms with Gasteiger partial charge < -0.3 is 10.1 Å². The zero-order valence-corrected chi connectivity index (χ0v) is 7.43. The van der Waals surface area contributed by atoms with E-state index in [4.69, 9.17) is 0 Å². The maximum Gasteiger partial charge on any atom is 0.340 e. The highest BCUT2D eigenvalue weighted by Crippen LogP contribution is 2.14. The maximum atomic E-state index is 13.1. The quantitative estimate of drug-likeness (QED) is 0.708. The van der Waals surface area contributed by atoms with Gasteiger partial charge in [-0.25, -0.2) is 9.18 Å². The lowest BCUT2D eigenvalue weighted by Crippen LogP contribution is -2.04. The van der Waals surface area contributed by atoms with Crippen molar-refractivity contribution in [3.8, 4) is 0 Å². The Morgan fingerprint density at radius 3 is 2.69 bits per heavy atom. The molecule has 0 aliphatic carbocycles. The summed E-state index contributed by atoms with van der Waals surface area (Å²) in [6.45, 7) is 0.